The minimum atomic E-state index is -2.06. The topological polar surface area (TPSA) is 25.8 Å². The maximum atomic E-state index is 5.46. The number of aromatic nitrogens is 2. The first kappa shape index (κ1) is 23.5. The lowest BCUT2D eigenvalue weighted by Gasteiger charge is -2.23. The summed E-state index contributed by atoms with van der Waals surface area (Å²) in [5.41, 5.74) is 10.3. The van der Waals surface area contributed by atoms with Crippen molar-refractivity contribution in [1.29, 1.82) is 0 Å². The summed E-state index contributed by atoms with van der Waals surface area (Å²) in [6, 6.07) is 47.2. The van der Waals surface area contributed by atoms with Gasteiger partial charge in [0.25, 0.3) is 0 Å². The molecule has 3 heteroatoms. The van der Waals surface area contributed by atoms with Crippen molar-refractivity contribution < 1.29 is 0 Å². The molecule has 0 saturated carbocycles. The maximum absolute atomic E-state index is 5.46. The van der Waals surface area contributed by atoms with Crippen LogP contribution in [0.3, 0.4) is 0 Å². The molecule has 0 bridgehead atoms. The van der Waals surface area contributed by atoms with Gasteiger partial charge in [-0.15, -0.1) is 0 Å². The first-order chi connectivity index (χ1) is 19.1. The Balaban J connectivity index is 1.56. The average molecular weight is 517 g/mol. The van der Waals surface area contributed by atoms with Crippen LogP contribution in [0.2, 0.25) is 13.1 Å². The number of hydrogen-bond acceptors (Lipinski definition) is 2. The zero-order valence-electron chi connectivity index (χ0n) is 22.1. The SMILES string of the molecule is C[Si]1(C)c2ccccc2-c2nc(-c3ccccc3-c3ccccc3)nc(-c3ccccc3-c3ccccc3)c21. The van der Waals surface area contributed by atoms with Gasteiger partial charge in [0.15, 0.2) is 5.82 Å². The van der Waals surface area contributed by atoms with E-state index in [1.54, 1.807) is 0 Å². The Morgan fingerprint density at radius 2 is 0.821 bits per heavy atom. The highest BCUT2D eigenvalue weighted by Crippen LogP contribution is 2.38. The van der Waals surface area contributed by atoms with Gasteiger partial charge in [-0.05, 0) is 38.2 Å². The van der Waals surface area contributed by atoms with Crippen LogP contribution in [0.25, 0.3) is 56.2 Å². The largest absolute Gasteiger partial charge is 0.228 e. The van der Waals surface area contributed by atoms with Gasteiger partial charge >= 0.3 is 0 Å². The lowest BCUT2D eigenvalue weighted by molar-refractivity contribution is 1.20. The van der Waals surface area contributed by atoms with Gasteiger partial charge < -0.3 is 0 Å². The molecule has 39 heavy (non-hydrogen) atoms. The van der Waals surface area contributed by atoms with Crippen molar-refractivity contribution in [2.24, 2.45) is 0 Å². The Bertz CT molecular complexity index is 1830. The van der Waals surface area contributed by atoms with Gasteiger partial charge in [0.2, 0.25) is 0 Å². The number of rotatable bonds is 4. The average Bonchev–Trinajstić information content (AvgIpc) is 3.24. The smallest absolute Gasteiger partial charge is 0.161 e. The standard InChI is InChI=1S/C36H28N2Si/c1-39(2)32-24-14-13-23-31(32)34-35(39)33(29-21-11-9-19-27(29)25-15-5-3-6-16-25)37-36(38-34)30-22-12-10-20-28(30)26-17-7-4-8-18-26/h3-24H,1-2H3. The van der Waals surface area contributed by atoms with Crippen LogP contribution in [-0.2, 0) is 0 Å². The molecule has 1 aliphatic heterocycles. The van der Waals surface area contributed by atoms with Gasteiger partial charge in [-0.2, -0.15) is 0 Å². The number of nitrogens with zero attached hydrogens (tertiary/aromatic N) is 2. The monoisotopic (exact) mass is 516 g/mol. The number of fused-ring (bicyclic) bond motifs is 3. The molecule has 2 heterocycles. The molecule has 0 amide bonds. The van der Waals surface area contributed by atoms with Crippen LogP contribution < -0.4 is 10.4 Å². The summed E-state index contributed by atoms with van der Waals surface area (Å²) in [7, 11) is -2.06. The first-order valence-electron chi connectivity index (χ1n) is 13.4. The van der Waals surface area contributed by atoms with Crippen LogP contribution in [0.1, 0.15) is 0 Å². The number of hydrogen-bond donors (Lipinski definition) is 0. The van der Waals surface area contributed by atoms with Crippen molar-refractivity contribution in [2.45, 2.75) is 13.1 Å². The highest BCUT2D eigenvalue weighted by Gasteiger charge is 2.42. The molecular weight excluding hydrogens is 488 g/mol. The van der Waals surface area contributed by atoms with Gasteiger partial charge in [0, 0.05) is 11.1 Å². The van der Waals surface area contributed by atoms with E-state index in [1.807, 2.05) is 0 Å². The molecule has 0 aliphatic carbocycles. The molecule has 6 aromatic rings. The fourth-order valence-electron chi connectivity index (χ4n) is 6.04. The van der Waals surface area contributed by atoms with E-state index in [0.717, 1.165) is 33.9 Å². The van der Waals surface area contributed by atoms with Crippen LogP contribution in [0.4, 0.5) is 0 Å². The fraction of sp³-hybridized carbons (Fsp3) is 0.0556. The predicted octanol–water partition coefficient (Wildman–Crippen LogP) is 7.95. The second kappa shape index (κ2) is 9.30. The summed E-state index contributed by atoms with van der Waals surface area (Å²) in [4.78, 5) is 10.8. The summed E-state index contributed by atoms with van der Waals surface area (Å²) in [6.07, 6.45) is 0. The third-order valence-electron chi connectivity index (χ3n) is 7.91. The second-order valence-corrected chi connectivity index (χ2v) is 14.9. The van der Waals surface area contributed by atoms with Gasteiger partial charge in [-0.1, -0.05) is 147 Å². The van der Waals surface area contributed by atoms with Crippen LogP contribution in [0.15, 0.2) is 133 Å². The molecule has 0 atom stereocenters. The van der Waals surface area contributed by atoms with Crippen molar-refractivity contribution in [2.75, 3.05) is 0 Å². The molecule has 0 unspecified atom stereocenters. The third-order valence-corrected chi connectivity index (χ3v) is 11.4. The lowest BCUT2D eigenvalue weighted by Crippen LogP contribution is -2.50. The predicted molar refractivity (Wildman–Crippen MR) is 166 cm³/mol. The van der Waals surface area contributed by atoms with Crippen molar-refractivity contribution in [3.05, 3.63) is 133 Å². The molecule has 7 rings (SSSR count). The van der Waals surface area contributed by atoms with Crippen molar-refractivity contribution in [3.8, 4) is 56.2 Å². The molecule has 0 fully saturated rings. The Morgan fingerprint density at radius 1 is 0.410 bits per heavy atom. The van der Waals surface area contributed by atoms with E-state index in [1.165, 1.54) is 32.6 Å². The quantitative estimate of drug-likeness (QED) is 0.222. The molecule has 0 N–H and O–H groups in total. The van der Waals surface area contributed by atoms with E-state index >= 15 is 0 Å². The first-order valence-corrected chi connectivity index (χ1v) is 16.4. The second-order valence-electron chi connectivity index (χ2n) is 10.6. The highest BCUT2D eigenvalue weighted by atomic mass is 28.3. The summed E-state index contributed by atoms with van der Waals surface area (Å²) in [5, 5.41) is 2.76. The van der Waals surface area contributed by atoms with Gasteiger partial charge in [-0.25, -0.2) is 9.97 Å². The van der Waals surface area contributed by atoms with E-state index < -0.39 is 8.07 Å². The van der Waals surface area contributed by atoms with E-state index in [0.29, 0.717) is 0 Å². The van der Waals surface area contributed by atoms with Crippen molar-refractivity contribution >= 4 is 18.4 Å². The summed E-state index contributed by atoms with van der Waals surface area (Å²) >= 11 is 0. The lowest BCUT2D eigenvalue weighted by atomic mass is 9.96. The Kier molecular flexibility index (Phi) is 5.61. The minimum absolute atomic E-state index is 0.771. The van der Waals surface area contributed by atoms with Crippen molar-refractivity contribution in [3.63, 3.8) is 0 Å². The van der Waals surface area contributed by atoms with E-state index in [4.69, 9.17) is 9.97 Å². The van der Waals surface area contributed by atoms with Gasteiger partial charge in [0.1, 0.15) is 8.07 Å². The van der Waals surface area contributed by atoms with Gasteiger partial charge in [0.05, 0.1) is 11.4 Å². The fourth-order valence-corrected chi connectivity index (χ4v) is 9.26. The Labute approximate surface area is 230 Å². The molecule has 1 aliphatic rings. The van der Waals surface area contributed by atoms with E-state index in [-0.39, 0.29) is 0 Å². The molecule has 0 spiro atoms. The maximum Gasteiger partial charge on any atom is 0.161 e. The van der Waals surface area contributed by atoms with E-state index in [2.05, 4.69) is 147 Å². The molecule has 5 aromatic carbocycles. The van der Waals surface area contributed by atoms with Crippen molar-refractivity contribution in [1.82, 2.24) is 9.97 Å². The van der Waals surface area contributed by atoms with Gasteiger partial charge in [-0.3, -0.25) is 0 Å². The summed E-state index contributed by atoms with van der Waals surface area (Å²) < 4.78 is 0. The van der Waals surface area contributed by atoms with Crippen LogP contribution in [0, 0.1) is 0 Å². The minimum Gasteiger partial charge on any atom is -0.228 e. The van der Waals surface area contributed by atoms with Crippen LogP contribution in [-0.4, -0.2) is 18.0 Å². The molecule has 0 radical (unpaired) electrons. The molecule has 2 nitrogen and oxygen atoms in total. The Hall–Kier alpha value is -4.60. The van der Waals surface area contributed by atoms with Crippen LogP contribution in [0.5, 0.6) is 0 Å². The molecule has 1 aromatic heterocycles. The zero-order valence-corrected chi connectivity index (χ0v) is 23.1. The Morgan fingerprint density at radius 3 is 1.41 bits per heavy atom. The highest BCUT2D eigenvalue weighted by molar-refractivity contribution is 7.04. The molecule has 0 saturated heterocycles. The third kappa shape index (κ3) is 3.86. The zero-order chi connectivity index (χ0) is 26.4. The van der Waals surface area contributed by atoms with E-state index in [9.17, 15) is 0 Å². The van der Waals surface area contributed by atoms with Crippen LogP contribution >= 0.6 is 0 Å². The normalized spacial score (nSPS) is 13.1. The molecular formula is C36H28N2Si. The summed E-state index contributed by atoms with van der Waals surface area (Å²) in [6.45, 7) is 4.88. The summed E-state index contributed by atoms with van der Waals surface area (Å²) in [5.74, 6) is 0.771. The number of benzene rings is 5. The molecule has 186 valence electrons.